The number of nitrogens with zero attached hydrogens (tertiary/aromatic N) is 2. The molecule has 1 aromatic carbocycles. The molecule has 0 aliphatic carbocycles. The first-order valence-electron chi connectivity index (χ1n) is 3.40. The van der Waals surface area contributed by atoms with Crippen LogP contribution in [-0.2, 0) is 0 Å². The number of aromatic nitrogens is 2. The predicted octanol–water partition coefficient (Wildman–Crippen LogP) is 1.46. The molecule has 0 saturated heterocycles. The largest absolute Gasteiger partial charge is 0.504 e. The van der Waals surface area contributed by atoms with E-state index in [9.17, 15) is 0 Å². The number of hydrogen-bond donors (Lipinski definition) is 2. The first-order chi connectivity index (χ1) is 5.77. The van der Waals surface area contributed by atoms with E-state index in [2.05, 4.69) is 9.97 Å². The lowest BCUT2D eigenvalue weighted by Gasteiger charge is -1.98. The number of rotatable bonds is 0. The molecule has 68 valence electrons. The first kappa shape index (κ1) is 9.54. The maximum Gasteiger partial charge on any atom is 0.159 e. The molecule has 0 atom stereocenters. The monoisotopic (exact) mass is 198 g/mol. The topological polar surface area (TPSA) is 66.2 Å². The Morgan fingerprint density at radius 2 is 1.23 bits per heavy atom. The summed E-state index contributed by atoms with van der Waals surface area (Å²) in [6.45, 7) is 0. The Balaban J connectivity index is 0.000000845. The van der Waals surface area contributed by atoms with Crippen molar-refractivity contribution in [3.05, 3.63) is 24.5 Å². The molecule has 0 spiro atoms. The maximum atomic E-state index is 9.10. The average Bonchev–Trinajstić information content (AvgIpc) is 2.07. The van der Waals surface area contributed by atoms with E-state index in [0.717, 1.165) is 0 Å². The van der Waals surface area contributed by atoms with Crippen molar-refractivity contribution in [2.45, 2.75) is 0 Å². The normalized spacial score (nSPS) is 9.54. The molecule has 0 unspecified atom stereocenters. The number of phenolic OH excluding ortho intramolecular Hbond substituents is 2. The van der Waals surface area contributed by atoms with E-state index < -0.39 is 0 Å². The predicted molar refractivity (Wildman–Crippen MR) is 50.1 cm³/mol. The van der Waals surface area contributed by atoms with Crippen LogP contribution in [0.1, 0.15) is 0 Å². The van der Waals surface area contributed by atoms with Gasteiger partial charge < -0.3 is 10.2 Å². The van der Waals surface area contributed by atoms with Crippen LogP contribution >= 0.6 is 12.4 Å². The van der Waals surface area contributed by atoms with Gasteiger partial charge in [-0.25, -0.2) is 0 Å². The number of phenols is 2. The van der Waals surface area contributed by atoms with E-state index in [4.69, 9.17) is 10.2 Å². The molecule has 0 amide bonds. The van der Waals surface area contributed by atoms with Crippen molar-refractivity contribution in [1.29, 1.82) is 0 Å². The minimum Gasteiger partial charge on any atom is -0.504 e. The lowest BCUT2D eigenvalue weighted by atomic mass is 10.2. The molecule has 13 heavy (non-hydrogen) atoms. The van der Waals surface area contributed by atoms with Crippen LogP contribution in [0.15, 0.2) is 24.5 Å². The Morgan fingerprint density at radius 3 is 1.62 bits per heavy atom. The van der Waals surface area contributed by atoms with E-state index in [1.807, 2.05) is 0 Å². The minimum absolute atomic E-state index is 0. The van der Waals surface area contributed by atoms with Crippen LogP contribution in [0.5, 0.6) is 11.5 Å². The van der Waals surface area contributed by atoms with Crippen molar-refractivity contribution < 1.29 is 10.2 Å². The summed E-state index contributed by atoms with van der Waals surface area (Å²) in [7, 11) is 0. The van der Waals surface area contributed by atoms with Crippen molar-refractivity contribution in [2.75, 3.05) is 0 Å². The summed E-state index contributed by atoms with van der Waals surface area (Å²) in [4.78, 5) is 7.90. The summed E-state index contributed by atoms with van der Waals surface area (Å²) in [6.07, 6.45) is 3.05. The molecule has 0 aliphatic heterocycles. The molecular formula is C8H7ClN2O2. The van der Waals surface area contributed by atoms with Crippen LogP contribution in [0.25, 0.3) is 11.0 Å². The van der Waals surface area contributed by atoms with Crippen molar-refractivity contribution in [2.24, 2.45) is 0 Å². The molecule has 0 fully saturated rings. The van der Waals surface area contributed by atoms with Crippen molar-refractivity contribution >= 4 is 23.4 Å². The summed E-state index contributed by atoms with van der Waals surface area (Å²) >= 11 is 0. The van der Waals surface area contributed by atoms with Crippen LogP contribution in [0.3, 0.4) is 0 Å². The number of hydrogen-bond acceptors (Lipinski definition) is 4. The maximum absolute atomic E-state index is 9.10. The molecule has 0 radical (unpaired) electrons. The molecule has 1 heterocycles. The van der Waals surface area contributed by atoms with E-state index in [1.165, 1.54) is 24.5 Å². The lowest BCUT2D eigenvalue weighted by Crippen LogP contribution is -1.81. The summed E-state index contributed by atoms with van der Waals surface area (Å²) < 4.78 is 0. The molecular weight excluding hydrogens is 192 g/mol. The van der Waals surface area contributed by atoms with E-state index in [0.29, 0.717) is 11.0 Å². The van der Waals surface area contributed by atoms with Gasteiger partial charge in [0.25, 0.3) is 0 Å². The van der Waals surface area contributed by atoms with Gasteiger partial charge in [-0.15, -0.1) is 12.4 Å². The van der Waals surface area contributed by atoms with Crippen LogP contribution < -0.4 is 0 Å². The van der Waals surface area contributed by atoms with Gasteiger partial charge in [0, 0.05) is 24.5 Å². The second-order valence-electron chi connectivity index (χ2n) is 2.39. The summed E-state index contributed by atoms with van der Waals surface area (Å²) in [5.41, 5.74) is 1.13. The zero-order valence-electron chi connectivity index (χ0n) is 6.51. The number of benzene rings is 1. The highest BCUT2D eigenvalue weighted by Gasteiger charge is 2.02. The van der Waals surface area contributed by atoms with Crippen molar-refractivity contribution in [3.8, 4) is 11.5 Å². The third kappa shape index (κ3) is 1.62. The Morgan fingerprint density at radius 1 is 0.846 bits per heavy atom. The smallest absolute Gasteiger partial charge is 0.159 e. The molecule has 1 aromatic heterocycles. The van der Waals surface area contributed by atoms with Gasteiger partial charge in [-0.2, -0.15) is 0 Å². The Hall–Kier alpha value is -1.55. The molecule has 4 nitrogen and oxygen atoms in total. The van der Waals surface area contributed by atoms with Gasteiger partial charge in [0.05, 0.1) is 11.0 Å². The summed E-state index contributed by atoms with van der Waals surface area (Å²) in [5, 5.41) is 18.2. The van der Waals surface area contributed by atoms with Crippen molar-refractivity contribution in [1.82, 2.24) is 9.97 Å². The Labute approximate surface area is 80.3 Å². The highest BCUT2D eigenvalue weighted by atomic mass is 35.5. The van der Waals surface area contributed by atoms with Gasteiger partial charge in [-0.05, 0) is 0 Å². The quantitative estimate of drug-likeness (QED) is 0.629. The van der Waals surface area contributed by atoms with Crippen LogP contribution in [0.4, 0.5) is 0 Å². The molecule has 0 bridgehead atoms. The van der Waals surface area contributed by atoms with Gasteiger partial charge in [0.15, 0.2) is 11.5 Å². The zero-order valence-corrected chi connectivity index (χ0v) is 7.32. The molecule has 0 saturated carbocycles. The van der Waals surface area contributed by atoms with Crippen molar-refractivity contribution in [3.63, 3.8) is 0 Å². The number of aromatic hydroxyl groups is 2. The third-order valence-electron chi connectivity index (χ3n) is 1.57. The fourth-order valence-electron chi connectivity index (χ4n) is 0.989. The highest BCUT2D eigenvalue weighted by molar-refractivity contribution is 5.85. The number of halogens is 1. The molecule has 2 aromatic rings. The SMILES string of the molecule is Cl.Oc1cc2nccnc2cc1O. The summed E-state index contributed by atoms with van der Waals surface area (Å²) in [6, 6.07) is 2.75. The van der Waals surface area contributed by atoms with Gasteiger partial charge in [-0.3, -0.25) is 9.97 Å². The van der Waals surface area contributed by atoms with Crippen LogP contribution in [0.2, 0.25) is 0 Å². The fraction of sp³-hybridized carbons (Fsp3) is 0. The zero-order chi connectivity index (χ0) is 8.55. The Kier molecular flexibility index (Phi) is 2.53. The summed E-state index contributed by atoms with van der Waals surface area (Å²) in [5.74, 6) is -0.356. The van der Waals surface area contributed by atoms with Gasteiger partial charge in [0.2, 0.25) is 0 Å². The van der Waals surface area contributed by atoms with Crippen LogP contribution in [0, 0.1) is 0 Å². The highest BCUT2D eigenvalue weighted by Crippen LogP contribution is 2.27. The Bertz CT molecular complexity index is 393. The molecule has 2 rings (SSSR count). The second kappa shape index (κ2) is 3.45. The van der Waals surface area contributed by atoms with E-state index in [-0.39, 0.29) is 23.9 Å². The molecule has 2 N–H and O–H groups in total. The van der Waals surface area contributed by atoms with Gasteiger partial charge in [0.1, 0.15) is 0 Å². The average molecular weight is 199 g/mol. The van der Waals surface area contributed by atoms with Crippen LogP contribution in [-0.4, -0.2) is 20.2 Å². The fourth-order valence-corrected chi connectivity index (χ4v) is 0.989. The van der Waals surface area contributed by atoms with Gasteiger partial charge >= 0.3 is 0 Å². The minimum atomic E-state index is -0.178. The molecule has 5 heteroatoms. The second-order valence-corrected chi connectivity index (χ2v) is 2.39. The number of fused-ring (bicyclic) bond motifs is 1. The molecule has 0 aliphatic rings. The lowest BCUT2D eigenvalue weighted by molar-refractivity contribution is 0.404. The third-order valence-corrected chi connectivity index (χ3v) is 1.57. The standard InChI is InChI=1S/C8H6N2O2.ClH/c11-7-3-5-6(4-8(7)12)10-2-1-9-5;/h1-4,11-12H;1H. The van der Waals surface area contributed by atoms with E-state index in [1.54, 1.807) is 0 Å². The van der Waals surface area contributed by atoms with Gasteiger partial charge in [-0.1, -0.05) is 0 Å². The first-order valence-corrected chi connectivity index (χ1v) is 3.40. The van der Waals surface area contributed by atoms with E-state index >= 15 is 0 Å².